The second kappa shape index (κ2) is 7.92. The Balaban J connectivity index is 1.64. The molecule has 1 saturated carbocycles. The van der Waals surface area contributed by atoms with Gasteiger partial charge in [-0.3, -0.25) is 0 Å². The summed E-state index contributed by atoms with van der Waals surface area (Å²) in [6, 6.07) is 0.767. The summed E-state index contributed by atoms with van der Waals surface area (Å²) in [6.07, 6.45) is 19.6. The smallest absolute Gasteiger partial charge is 0.0318 e. The number of rotatable bonds is 0. The molecule has 98 valence electrons. The highest BCUT2D eigenvalue weighted by molar-refractivity contribution is 5.28. The molecule has 2 aliphatic rings. The minimum absolute atomic E-state index is 0.767. The van der Waals surface area contributed by atoms with Crippen LogP contribution in [0.5, 0.6) is 0 Å². The monoisotopic (exact) mass is 235 g/mol. The van der Waals surface area contributed by atoms with Crippen LogP contribution in [-0.4, -0.2) is 12.6 Å². The summed E-state index contributed by atoms with van der Waals surface area (Å²) in [5, 5.41) is 3.67. The van der Waals surface area contributed by atoms with Crippen molar-refractivity contribution in [2.24, 2.45) is 0 Å². The normalized spacial score (nSPS) is 29.2. The Hall–Kier alpha value is -0.300. The van der Waals surface area contributed by atoms with E-state index in [-0.39, 0.29) is 0 Å². The zero-order valence-electron chi connectivity index (χ0n) is 11.3. The second-order valence-electron chi connectivity index (χ2n) is 5.81. The molecule has 1 heterocycles. The van der Waals surface area contributed by atoms with Crippen molar-refractivity contribution in [2.45, 2.75) is 83.1 Å². The van der Waals surface area contributed by atoms with Gasteiger partial charge in [-0.05, 0) is 32.2 Å². The number of fused-ring (bicyclic) bond motifs is 1. The standard InChI is InChI=1S/C16H29N/c1-2-4-6-8-10-12-15-14-16(15)17-13-11-9-7-5-3-1/h12,16-17H,1-11,13-14H2. The molecule has 2 rings (SSSR count). The first kappa shape index (κ1) is 13.1. The average molecular weight is 235 g/mol. The van der Waals surface area contributed by atoms with Crippen LogP contribution in [0.1, 0.15) is 77.0 Å². The zero-order valence-corrected chi connectivity index (χ0v) is 11.3. The van der Waals surface area contributed by atoms with E-state index in [4.69, 9.17) is 0 Å². The largest absolute Gasteiger partial charge is 0.310 e. The van der Waals surface area contributed by atoms with Gasteiger partial charge in [-0.25, -0.2) is 0 Å². The maximum atomic E-state index is 3.67. The third kappa shape index (κ3) is 5.72. The van der Waals surface area contributed by atoms with E-state index >= 15 is 0 Å². The molecule has 0 bridgehead atoms. The van der Waals surface area contributed by atoms with Gasteiger partial charge in [0.05, 0.1) is 0 Å². The Morgan fingerprint density at radius 2 is 1.35 bits per heavy atom. The Bertz CT molecular complexity index is 232. The van der Waals surface area contributed by atoms with E-state index in [0.29, 0.717) is 0 Å². The number of hydrogen-bond donors (Lipinski definition) is 1. The molecule has 0 aromatic carbocycles. The predicted molar refractivity (Wildman–Crippen MR) is 75.3 cm³/mol. The molecular formula is C16H29N. The van der Waals surface area contributed by atoms with Crippen molar-refractivity contribution >= 4 is 0 Å². The van der Waals surface area contributed by atoms with Crippen molar-refractivity contribution < 1.29 is 0 Å². The maximum absolute atomic E-state index is 3.67. The molecule has 1 heteroatoms. The first-order valence-corrected chi connectivity index (χ1v) is 7.89. The van der Waals surface area contributed by atoms with E-state index < -0.39 is 0 Å². The summed E-state index contributed by atoms with van der Waals surface area (Å²) in [6.45, 7) is 1.24. The lowest BCUT2D eigenvalue weighted by Crippen LogP contribution is -2.17. The molecule has 1 nitrogen and oxygen atoms in total. The van der Waals surface area contributed by atoms with Crippen LogP contribution in [0.2, 0.25) is 0 Å². The topological polar surface area (TPSA) is 12.0 Å². The zero-order chi connectivity index (χ0) is 11.8. The lowest BCUT2D eigenvalue weighted by Gasteiger charge is -2.04. The Morgan fingerprint density at radius 1 is 0.765 bits per heavy atom. The summed E-state index contributed by atoms with van der Waals surface area (Å²) < 4.78 is 0. The van der Waals surface area contributed by atoms with Gasteiger partial charge in [-0.2, -0.15) is 0 Å². The minimum atomic E-state index is 0.767. The molecular weight excluding hydrogens is 206 g/mol. The van der Waals surface area contributed by atoms with E-state index in [1.807, 2.05) is 0 Å². The molecule has 1 fully saturated rings. The third-order valence-corrected chi connectivity index (χ3v) is 4.16. The second-order valence-corrected chi connectivity index (χ2v) is 5.81. The summed E-state index contributed by atoms with van der Waals surface area (Å²) in [5.41, 5.74) is 1.69. The van der Waals surface area contributed by atoms with Crippen molar-refractivity contribution in [1.29, 1.82) is 0 Å². The van der Waals surface area contributed by atoms with Crippen LogP contribution in [0.4, 0.5) is 0 Å². The summed E-state index contributed by atoms with van der Waals surface area (Å²) in [5.74, 6) is 0. The molecule has 1 atom stereocenters. The quantitative estimate of drug-likeness (QED) is 0.606. The molecule has 0 amide bonds. The van der Waals surface area contributed by atoms with Crippen LogP contribution in [0, 0.1) is 0 Å². The van der Waals surface area contributed by atoms with Crippen LogP contribution >= 0.6 is 0 Å². The van der Waals surface area contributed by atoms with Gasteiger partial charge in [0, 0.05) is 6.04 Å². The Morgan fingerprint density at radius 3 is 2.06 bits per heavy atom. The Labute approximate surface area is 107 Å². The highest BCUT2D eigenvalue weighted by Crippen LogP contribution is 2.30. The van der Waals surface area contributed by atoms with E-state index in [1.165, 1.54) is 83.6 Å². The molecule has 17 heavy (non-hydrogen) atoms. The molecule has 0 spiro atoms. The van der Waals surface area contributed by atoms with E-state index in [1.54, 1.807) is 5.57 Å². The SMILES string of the molecule is C1=C2CC2NCCCCCCCCCCCC1. The van der Waals surface area contributed by atoms with Gasteiger partial charge in [0.2, 0.25) is 0 Å². The fourth-order valence-electron chi connectivity index (χ4n) is 2.85. The van der Waals surface area contributed by atoms with E-state index in [9.17, 15) is 0 Å². The van der Waals surface area contributed by atoms with Crippen LogP contribution in [0.25, 0.3) is 0 Å². The van der Waals surface area contributed by atoms with Crippen molar-refractivity contribution in [3.8, 4) is 0 Å². The van der Waals surface area contributed by atoms with E-state index in [2.05, 4.69) is 11.4 Å². The first-order valence-electron chi connectivity index (χ1n) is 7.89. The lowest BCUT2D eigenvalue weighted by atomic mass is 10.1. The highest BCUT2D eigenvalue weighted by atomic mass is 14.9. The van der Waals surface area contributed by atoms with Gasteiger partial charge in [-0.1, -0.05) is 63.0 Å². The predicted octanol–water partition coefficient (Wildman–Crippen LogP) is 4.58. The fourth-order valence-corrected chi connectivity index (χ4v) is 2.85. The highest BCUT2D eigenvalue weighted by Gasteiger charge is 2.27. The van der Waals surface area contributed by atoms with Crippen molar-refractivity contribution in [1.82, 2.24) is 5.32 Å². The molecule has 1 aliphatic heterocycles. The van der Waals surface area contributed by atoms with Crippen LogP contribution in [-0.2, 0) is 0 Å². The summed E-state index contributed by atoms with van der Waals surface area (Å²) in [7, 11) is 0. The molecule has 0 radical (unpaired) electrons. The molecule has 1 aliphatic carbocycles. The number of allylic oxidation sites excluding steroid dienone is 1. The minimum Gasteiger partial charge on any atom is -0.310 e. The van der Waals surface area contributed by atoms with E-state index in [0.717, 1.165) is 6.04 Å². The van der Waals surface area contributed by atoms with Crippen molar-refractivity contribution in [3.05, 3.63) is 11.6 Å². The van der Waals surface area contributed by atoms with Gasteiger partial charge in [0.25, 0.3) is 0 Å². The summed E-state index contributed by atoms with van der Waals surface area (Å²) in [4.78, 5) is 0. The van der Waals surface area contributed by atoms with Gasteiger partial charge in [0.15, 0.2) is 0 Å². The lowest BCUT2D eigenvalue weighted by molar-refractivity contribution is 0.540. The number of nitrogens with one attached hydrogen (secondary N) is 1. The summed E-state index contributed by atoms with van der Waals surface area (Å²) >= 11 is 0. The van der Waals surface area contributed by atoms with Gasteiger partial charge < -0.3 is 5.32 Å². The fraction of sp³-hybridized carbons (Fsp3) is 0.875. The number of hydrogen-bond acceptors (Lipinski definition) is 1. The molecule has 1 unspecified atom stereocenters. The van der Waals surface area contributed by atoms with Crippen LogP contribution < -0.4 is 5.32 Å². The van der Waals surface area contributed by atoms with Crippen molar-refractivity contribution in [2.75, 3.05) is 6.54 Å². The molecule has 0 aromatic rings. The van der Waals surface area contributed by atoms with Gasteiger partial charge in [-0.15, -0.1) is 0 Å². The van der Waals surface area contributed by atoms with Gasteiger partial charge in [0.1, 0.15) is 0 Å². The van der Waals surface area contributed by atoms with Gasteiger partial charge >= 0.3 is 0 Å². The van der Waals surface area contributed by atoms with Crippen LogP contribution in [0.15, 0.2) is 11.6 Å². The van der Waals surface area contributed by atoms with Crippen molar-refractivity contribution in [3.63, 3.8) is 0 Å². The average Bonchev–Trinajstić information content (AvgIpc) is 3.07. The van der Waals surface area contributed by atoms with Crippen LogP contribution in [0.3, 0.4) is 0 Å². The molecule has 0 aromatic heterocycles. The Kier molecular flexibility index (Phi) is 6.12. The molecule has 1 N–H and O–H groups in total. The molecule has 0 saturated heterocycles. The third-order valence-electron chi connectivity index (χ3n) is 4.16. The first-order chi connectivity index (χ1) is 8.47. The maximum Gasteiger partial charge on any atom is 0.0318 e.